The number of rotatable bonds is 2. The van der Waals surface area contributed by atoms with Crippen molar-refractivity contribution in [2.75, 3.05) is 19.6 Å². The Balaban J connectivity index is 0.00000200. The number of amides is 1. The SMILES string of the molecule is CC1CN(C(=O)C(C)(C)c2cccc(Br)c2)CCN1.Cl. The van der Waals surface area contributed by atoms with Gasteiger partial charge in [-0.3, -0.25) is 4.79 Å². The summed E-state index contributed by atoms with van der Waals surface area (Å²) in [6, 6.07) is 8.39. The first-order valence-corrected chi connectivity index (χ1v) is 7.49. The molecule has 3 nitrogen and oxygen atoms in total. The van der Waals surface area contributed by atoms with E-state index in [9.17, 15) is 4.79 Å². The lowest BCUT2D eigenvalue weighted by atomic mass is 9.83. The maximum Gasteiger partial charge on any atom is 0.232 e. The highest BCUT2D eigenvalue weighted by Gasteiger charge is 2.35. The zero-order valence-electron chi connectivity index (χ0n) is 12.1. The van der Waals surface area contributed by atoms with E-state index in [1.807, 2.05) is 43.0 Å². The number of piperazine rings is 1. The molecule has 0 spiro atoms. The van der Waals surface area contributed by atoms with Crippen LogP contribution in [-0.4, -0.2) is 36.5 Å². The van der Waals surface area contributed by atoms with E-state index in [2.05, 4.69) is 28.2 Å². The molecule has 5 heteroatoms. The smallest absolute Gasteiger partial charge is 0.232 e. The van der Waals surface area contributed by atoms with Gasteiger partial charge in [0.2, 0.25) is 5.91 Å². The molecule has 1 heterocycles. The zero-order chi connectivity index (χ0) is 14.0. The lowest BCUT2D eigenvalue weighted by molar-refractivity contribution is -0.137. The molecule has 1 aliphatic heterocycles. The summed E-state index contributed by atoms with van der Waals surface area (Å²) < 4.78 is 1.01. The second-order valence-corrected chi connectivity index (χ2v) is 6.66. The fourth-order valence-corrected chi connectivity index (χ4v) is 2.91. The molecule has 20 heavy (non-hydrogen) atoms. The van der Waals surface area contributed by atoms with E-state index in [4.69, 9.17) is 0 Å². The number of nitrogens with one attached hydrogen (secondary N) is 1. The van der Waals surface area contributed by atoms with E-state index in [0.717, 1.165) is 29.7 Å². The summed E-state index contributed by atoms with van der Waals surface area (Å²) in [5, 5.41) is 3.37. The van der Waals surface area contributed by atoms with Crippen molar-refractivity contribution in [2.45, 2.75) is 32.2 Å². The number of hydrogen-bond acceptors (Lipinski definition) is 2. The molecule has 0 aliphatic carbocycles. The van der Waals surface area contributed by atoms with Crippen LogP contribution in [0.15, 0.2) is 28.7 Å². The number of nitrogens with zero attached hydrogens (tertiary/aromatic N) is 1. The van der Waals surface area contributed by atoms with Gasteiger partial charge in [0.25, 0.3) is 0 Å². The molecule has 1 atom stereocenters. The predicted molar refractivity (Wildman–Crippen MR) is 88.5 cm³/mol. The van der Waals surface area contributed by atoms with Gasteiger partial charge in [0, 0.05) is 30.1 Å². The van der Waals surface area contributed by atoms with Gasteiger partial charge in [-0.1, -0.05) is 28.1 Å². The van der Waals surface area contributed by atoms with Crippen LogP contribution in [0.5, 0.6) is 0 Å². The summed E-state index contributed by atoms with van der Waals surface area (Å²) >= 11 is 3.47. The van der Waals surface area contributed by atoms with Crippen molar-refractivity contribution in [1.29, 1.82) is 0 Å². The van der Waals surface area contributed by atoms with Crippen molar-refractivity contribution < 1.29 is 4.79 Å². The standard InChI is InChI=1S/C15H21BrN2O.ClH/c1-11-10-18(8-7-17-11)14(19)15(2,3)12-5-4-6-13(16)9-12;/h4-6,9,11,17H,7-8,10H2,1-3H3;1H. The number of halogens is 2. The molecular formula is C15H22BrClN2O. The Bertz CT molecular complexity index is 479. The molecule has 1 unspecified atom stereocenters. The molecular weight excluding hydrogens is 340 g/mol. The molecule has 112 valence electrons. The fourth-order valence-electron chi connectivity index (χ4n) is 2.51. The summed E-state index contributed by atoms with van der Waals surface area (Å²) in [6.45, 7) is 8.58. The van der Waals surface area contributed by atoms with E-state index in [1.165, 1.54) is 0 Å². The van der Waals surface area contributed by atoms with Crippen LogP contribution in [0.4, 0.5) is 0 Å². The lowest BCUT2D eigenvalue weighted by Crippen LogP contribution is -2.55. The molecule has 1 N–H and O–H groups in total. The van der Waals surface area contributed by atoms with E-state index < -0.39 is 5.41 Å². The van der Waals surface area contributed by atoms with E-state index >= 15 is 0 Å². The van der Waals surface area contributed by atoms with Crippen molar-refractivity contribution in [3.05, 3.63) is 34.3 Å². The Morgan fingerprint density at radius 3 is 2.75 bits per heavy atom. The van der Waals surface area contributed by atoms with Gasteiger partial charge in [0.15, 0.2) is 0 Å². The number of hydrogen-bond donors (Lipinski definition) is 1. The summed E-state index contributed by atoms with van der Waals surface area (Å²) in [7, 11) is 0. The third kappa shape index (κ3) is 3.74. The Morgan fingerprint density at radius 1 is 1.45 bits per heavy atom. The van der Waals surface area contributed by atoms with E-state index in [1.54, 1.807) is 0 Å². The predicted octanol–water partition coefficient (Wildman–Crippen LogP) is 2.97. The quantitative estimate of drug-likeness (QED) is 0.878. The van der Waals surface area contributed by atoms with Crippen molar-refractivity contribution in [1.82, 2.24) is 10.2 Å². The van der Waals surface area contributed by atoms with Crippen LogP contribution in [0.1, 0.15) is 26.3 Å². The highest BCUT2D eigenvalue weighted by Crippen LogP contribution is 2.28. The van der Waals surface area contributed by atoms with Gasteiger partial charge in [-0.05, 0) is 38.5 Å². The summed E-state index contributed by atoms with van der Waals surface area (Å²) in [4.78, 5) is 14.7. The van der Waals surface area contributed by atoms with Crippen LogP contribution < -0.4 is 5.32 Å². The second-order valence-electron chi connectivity index (χ2n) is 5.74. The Labute approximate surface area is 135 Å². The molecule has 1 amide bonds. The number of benzene rings is 1. The average molecular weight is 362 g/mol. The summed E-state index contributed by atoms with van der Waals surface area (Å²) in [5.74, 6) is 0.207. The first kappa shape index (κ1) is 17.5. The first-order chi connectivity index (χ1) is 8.91. The van der Waals surface area contributed by atoms with Crippen LogP contribution in [-0.2, 0) is 10.2 Å². The van der Waals surface area contributed by atoms with E-state index in [-0.39, 0.29) is 18.3 Å². The van der Waals surface area contributed by atoms with E-state index in [0.29, 0.717) is 6.04 Å². The van der Waals surface area contributed by atoms with Gasteiger partial charge in [-0.15, -0.1) is 12.4 Å². The minimum atomic E-state index is -0.485. The minimum Gasteiger partial charge on any atom is -0.339 e. The molecule has 0 bridgehead atoms. The number of carbonyl (C=O) groups excluding carboxylic acids is 1. The van der Waals surface area contributed by atoms with Crippen molar-refractivity contribution in [2.24, 2.45) is 0 Å². The Hall–Kier alpha value is -0.580. The molecule has 1 saturated heterocycles. The van der Waals surface area contributed by atoms with Crippen molar-refractivity contribution in [3.63, 3.8) is 0 Å². The van der Waals surface area contributed by atoms with Crippen LogP contribution >= 0.6 is 28.3 Å². The molecule has 0 radical (unpaired) electrons. The third-order valence-electron chi connectivity index (χ3n) is 3.74. The highest BCUT2D eigenvalue weighted by molar-refractivity contribution is 9.10. The fraction of sp³-hybridized carbons (Fsp3) is 0.533. The van der Waals surface area contributed by atoms with Gasteiger partial charge in [-0.25, -0.2) is 0 Å². The molecule has 0 aromatic heterocycles. The number of carbonyl (C=O) groups is 1. The zero-order valence-corrected chi connectivity index (χ0v) is 14.6. The molecule has 1 aromatic rings. The van der Waals surface area contributed by atoms with Gasteiger partial charge < -0.3 is 10.2 Å². The van der Waals surface area contributed by atoms with Gasteiger partial charge in [-0.2, -0.15) is 0 Å². The normalized spacial score (nSPS) is 19.4. The topological polar surface area (TPSA) is 32.3 Å². The van der Waals surface area contributed by atoms with Crippen molar-refractivity contribution >= 4 is 34.2 Å². The molecule has 0 saturated carbocycles. The molecule has 1 fully saturated rings. The van der Waals surface area contributed by atoms with Crippen LogP contribution in [0.2, 0.25) is 0 Å². The van der Waals surface area contributed by atoms with Crippen LogP contribution in [0.3, 0.4) is 0 Å². The first-order valence-electron chi connectivity index (χ1n) is 6.70. The largest absolute Gasteiger partial charge is 0.339 e. The monoisotopic (exact) mass is 360 g/mol. The molecule has 2 rings (SSSR count). The van der Waals surface area contributed by atoms with Gasteiger partial charge >= 0.3 is 0 Å². The molecule has 1 aliphatic rings. The summed E-state index contributed by atoms with van der Waals surface area (Å²) in [6.07, 6.45) is 0. The van der Waals surface area contributed by atoms with Crippen LogP contribution in [0.25, 0.3) is 0 Å². The van der Waals surface area contributed by atoms with Crippen molar-refractivity contribution in [3.8, 4) is 0 Å². The lowest BCUT2D eigenvalue weighted by Gasteiger charge is -2.37. The Kier molecular flexibility index (Phi) is 6.05. The summed E-state index contributed by atoms with van der Waals surface area (Å²) in [5.41, 5.74) is 0.568. The maximum atomic E-state index is 12.8. The molecule has 1 aromatic carbocycles. The minimum absolute atomic E-state index is 0. The average Bonchev–Trinajstić information content (AvgIpc) is 2.38. The van der Waals surface area contributed by atoms with Crippen LogP contribution in [0, 0.1) is 0 Å². The van der Waals surface area contributed by atoms with Gasteiger partial charge in [0.1, 0.15) is 0 Å². The third-order valence-corrected chi connectivity index (χ3v) is 4.23. The highest BCUT2D eigenvalue weighted by atomic mass is 79.9. The maximum absolute atomic E-state index is 12.8. The Morgan fingerprint density at radius 2 is 2.15 bits per heavy atom. The second kappa shape index (κ2) is 6.92. The van der Waals surface area contributed by atoms with Gasteiger partial charge in [0.05, 0.1) is 5.41 Å².